The van der Waals surface area contributed by atoms with Crippen LogP contribution < -0.4 is 11.1 Å². The van der Waals surface area contributed by atoms with Gasteiger partial charge in [-0.25, -0.2) is 0 Å². The molecule has 0 saturated heterocycles. The second-order valence-corrected chi connectivity index (χ2v) is 5.73. The van der Waals surface area contributed by atoms with Crippen molar-refractivity contribution in [1.29, 1.82) is 0 Å². The highest BCUT2D eigenvalue weighted by molar-refractivity contribution is 9.10. The molecule has 1 amide bonds. The molecule has 0 radical (unpaired) electrons. The predicted octanol–water partition coefficient (Wildman–Crippen LogP) is 1.99. The van der Waals surface area contributed by atoms with Gasteiger partial charge in [0.1, 0.15) is 0 Å². The minimum Gasteiger partial charge on any atom is -0.376 e. The molecule has 4 nitrogen and oxygen atoms in total. The summed E-state index contributed by atoms with van der Waals surface area (Å²) < 4.78 is 6.34. The van der Waals surface area contributed by atoms with Gasteiger partial charge < -0.3 is 15.8 Å². The highest BCUT2D eigenvalue weighted by atomic mass is 79.9. The summed E-state index contributed by atoms with van der Waals surface area (Å²) in [6, 6.07) is 5.54. The Hall–Kier alpha value is -0.910. The van der Waals surface area contributed by atoms with Gasteiger partial charge in [0.05, 0.1) is 17.7 Å². The summed E-state index contributed by atoms with van der Waals surface area (Å²) in [7, 11) is 0. The molecule has 3 unspecified atom stereocenters. The second kappa shape index (κ2) is 6.03. The predicted molar refractivity (Wildman–Crippen MR) is 78.1 cm³/mol. The Balaban J connectivity index is 2.04. The van der Waals surface area contributed by atoms with E-state index in [1.54, 1.807) is 0 Å². The molecule has 1 aromatic carbocycles. The van der Waals surface area contributed by atoms with Crippen molar-refractivity contribution >= 4 is 21.8 Å². The van der Waals surface area contributed by atoms with Crippen LogP contribution in [-0.2, 0) is 4.74 Å². The van der Waals surface area contributed by atoms with Gasteiger partial charge in [0.25, 0.3) is 5.91 Å². The lowest BCUT2D eigenvalue weighted by Crippen LogP contribution is -2.64. The number of carbonyl (C=O) groups is 1. The maximum Gasteiger partial charge on any atom is 0.252 e. The zero-order valence-electron chi connectivity index (χ0n) is 11.2. The van der Waals surface area contributed by atoms with Crippen LogP contribution in [0.15, 0.2) is 22.7 Å². The zero-order chi connectivity index (χ0) is 14.0. The molecule has 1 aliphatic rings. The van der Waals surface area contributed by atoms with Crippen LogP contribution in [0.2, 0.25) is 0 Å². The molecular weight excluding hydrogens is 308 g/mol. The average Bonchev–Trinajstić information content (AvgIpc) is 2.35. The van der Waals surface area contributed by atoms with Crippen molar-refractivity contribution in [1.82, 2.24) is 5.32 Å². The number of hydrogen-bond acceptors (Lipinski definition) is 3. The molecule has 0 aliphatic heterocycles. The second-order valence-electron chi connectivity index (χ2n) is 4.88. The quantitative estimate of drug-likeness (QED) is 0.889. The van der Waals surface area contributed by atoms with E-state index >= 15 is 0 Å². The third-order valence-corrected chi connectivity index (χ3v) is 4.07. The maximum atomic E-state index is 12.2. The van der Waals surface area contributed by atoms with Gasteiger partial charge in [0, 0.05) is 17.1 Å². The molecule has 0 spiro atoms. The Morgan fingerprint density at radius 3 is 2.89 bits per heavy atom. The van der Waals surface area contributed by atoms with Crippen LogP contribution in [0.25, 0.3) is 0 Å². The van der Waals surface area contributed by atoms with E-state index in [0.717, 1.165) is 16.5 Å². The monoisotopic (exact) mass is 326 g/mol. The smallest absolute Gasteiger partial charge is 0.252 e. The number of benzene rings is 1. The first-order valence-electron chi connectivity index (χ1n) is 6.47. The van der Waals surface area contributed by atoms with Crippen LogP contribution in [0, 0.1) is 6.92 Å². The van der Waals surface area contributed by atoms with Crippen LogP contribution in [0.5, 0.6) is 0 Å². The first-order chi connectivity index (χ1) is 9.02. The molecule has 1 aromatic rings. The average molecular weight is 327 g/mol. The first-order valence-corrected chi connectivity index (χ1v) is 7.26. The van der Waals surface area contributed by atoms with Crippen molar-refractivity contribution in [3.8, 4) is 0 Å². The molecule has 3 atom stereocenters. The van der Waals surface area contributed by atoms with Gasteiger partial charge in [-0.1, -0.05) is 6.07 Å². The number of aryl methyl sites for hydroxylation is 1. The molecule has 1 fully saturated rings. The summed E-state index contributed by atoms with van der Waals surface area (Å²) in [6.45, 7) is 4.57. The summed E-state index contributed by atoms with van der Waals surface area (Å²) in [6.07, 6.45) is 0.835. The SMILES string of the molecule is CCOC1CC(N)C1NC(=O)c1ccc(C)cc1Br. The van der Waals surface area contributed by atoms with E-state index in [0.29, 0.717) is 12.2 Å². The third kappa shape index (κ3) is 3.16. The van der Waals surface area contributed by atoms with E-state index < -0.39 is 0 Å². The molecule has 1 aliphatic carbocycles. The Labute approximate surface area is 121 Å². The Morgan fingerprint density at radius 1 is 1.58 bits per heavy atom. The topological polar surface area (TPSA) is 64.3 Å². The molecule has 2 rings (SSSR count). The summed E-state index contributed by atoms with van der Waals surface area (Å²) in [5.74, 6) is -0.114. The standard InChI is InChI=1S/C14H19BrN2O2/c1-3-19-12-7-11(16)13(12)17-14(18)9-5-4-8(2)6-10(9)15/h4-6,11-13H,3,7,16H2,1-2H3,(H,17,18). The van der Waals surface area contributed by atoms with Crippen molar-refractivity contribution in [2.45, 2.75) is 38.5 Å². The molecule has 0 heterocycles. The van der Waals surface area contributed by atoms with Crippen LogP contribution in [0.3, 0.4) is 0 Å². The fourth-order valence-electron chi connectivity index (χ4n) is 2.26. The highest BCUT2D eigenvalue weighted by Crippen LogP contribution is 2.24. The third-order valence-electron chi connectivity index (χ3n) is 3.41. The summed E-state index contributed by atoms with van der Waals surface area (Å²) >= 11 is 3.42. The van der Waals surface area contributed by atoms with E-state index in [1.807, 2.05) is 32.0 Å². The number of hydrogen-bond donors (Lipinski definition) is 2. The minimum absolute atomic E-state index is 0.0234. The summed E-state index contributed by atoms with van der Waals surface area (Å²) in [5, 5.41) is 2.96. The zero-order valence-corrected chi connectivity index (χ0v) is 12.7. The molecule has 0 aromatic heterocycles. The van der Waals surface area contributed by atoms with Gasteiger partial charge in [-0.3, -0.25) is 4.79 Å². The lowest BCUT2D eigenvalue weighted by atomic mass is 9.83. The number of amides is 1. The lowest BCUT2D eigenvalue weighted by molar-refractivity contribution is -0.0300. The van der Waals surface area contributed by atoms with Gasteiger partial charge in [-0.2, -0.15) is 0 Å². The Bertz CT molecular complexity index is 477. The normalized spacial score (nSPS) is 25.8. The largest absolute Gasteiger partial charge is 0.376 e. The van der Waals surface area contributed by atoms with Crippen molar-refractivity contribution < 1.29 is 9.53 Å². The first kappa shape index (κ1) is 14.5. The maximum absolute atomic E-state index is 12.2. The number of carbonyl (C=O) groups excluding carboxylic acids is 1. The van der Waals surface area contributed by atoms with Crippen molar-refractivity contribution in [2.75, 3.05) is 6.61 Å². The minimum atomic E-state index is -0.114. The van der Waals surface area contributed by atoms with Crippen molar-refractivity contribution in [2.24, 2.45) is 5.73 Å². The van der Waals surface area contributed by atoms with E-state index in [2.05, 4.69) is 21.2 Å². The van der Waals surface area contributed by atoms with E-state index in [-0.39, 0.29) is 24.1 Å². The molecular formula is C14H19BrN2O2. The fraction of sp³-hybridized carbons (Fsp3) is 0.500. The van der Waals surface area contributed by atoms with Crippen LogP contribution in [-0.4, -0.2) is 30.7 Å². The molecule has 1 saturated carbocycles. The van der Waals surface area contributed by atoms with E-state index in [9.17, 15) is 4.79 Å². The van der Waals surface area contributed by atoms with Gasteiger partial charge in [-0.15, -0.1) is 0 Å². The highest BCUT2D eigenvalue weighted by Gasteiger charge is 2.40. The number of rotatable bonds is 4. The molecule has 104 valence electrons. The Kier molecular flexibility index (Phi) is 4.60. The van der Waals surface area contributed by atoms with Gasteiger partial charge in [-0.05, 0) is 53.9 Å². The van der Waals surface area contributed by atoms with Gasteiger partial charge in [0.2, 0.25) is 0 Å². The number of ether oxygens (including phenoxy) is 1. The van der Waals surface area contributed by atoms with Crippen LogP contribution in [0.4, 0.5) is 0 Å². The van der Waals surface area contributed by atoms with Gasteiger partial charge in [0.15, 0.2) is 0 Å². The number of halogens is 1. The van der Waals surface area contributed by atoms with Gasteiger partial charge >= 0.3 is 0 Å². The summed E-state index contributed by atoms with van der Waals surface area (Å²) in [4.78, 5) is 12.2. The van der Waals surface area contributed by atoms with E-state index in [1.165, 1.54) is 0 Å². The van der Waals surface area contributed by atoms with Crippen LogP contribution >= 0.6 is 15.9 Å². The lowest BCUT2D eigenvalue weighted by Gasteiger charge is -2.42. The Morgan fingerprint density at radius 2 is 2.32 bits per heavy atom. The van der Waals surface area contributed by atoms with Crippen LogP contribution in [0.1, 0.15) is 29.3 Å². The molecule has 19 heavy (non-hydrogen) atoms. The number of nitrogens with two attached hydrogens (primary N) is 1. The summed E-state index contributed by atoms with van der Waals surface area (Å²) in [5.41, 5.74) is 7.66. The van der Waals surface area contributed by atoms with E-state index in [4.69, 9.17) is 10.5 Å². The molecule has 3 N–H and O–H groups in total. The molecule has 5 heteroatoms. The fourth-order valence-corrected chi connectivity index (χ4v) is 2.93. The van der Waals surface area contributed by atoms with Crippen molar-refractivity contribution in [3.05, 3.63) is 33.8 Å². The van der Waals surface area contributed by atoms with Crippen molar-refractivity contribution in [3.63, 3.8) is 0 Å². The molecule has 0 bridgehead atoms. The number of nitrogens with one attached hydrogen (secondary N) is 1.